The van der Waals surface area contributed by atoms with Crippen LogP contribution >= 0.6 is 0 Å². The molecule has 0 spiro atoms. The van der Waals surface area contributed by atoms with Gasteiger partial charge in [-0.15, -0.1) is 0 Å². The van der Waals surface area contributed by atoms with Crippen LogP contribution in [0.4, 0.5) is 0 Å². The van der Waals surface area contributed by atoms with Gasteiger partial charge in [0.1, 0.15) is 31.9 Å². The lowest BCUT2D eigenvalue weighted by molar-refractivity contribution is -0.946. The van der Waals surface area contributed by atoms with E-state index < -0.39 is 0 Å². The molecule has 0 aliphatic carbocycles. The van der Waals surface area contributed by atoms with Gasteiger partial charge in [0.05, 0.1) is 13.2 Å². The van der Waals surface area contributed by atoms with E-state index in [0.29, 0.717) is 0 Å². The molecule has 0 radical (unpaired) electrons. The van der Waals surface area contributed by atoms with Crippen molar-refractivity contribution in [1.29, 1.82) is 0 Å². The third kappa shape index (κ3) is 3.72. The summed E-state index contributed by atoms with van der Waals surface area (Å²) in [4.78, 5) is 1.74. The standard InChI is InChI=1S/C15H24N2O/c1-13-5-3-6-15(14(13)2)18-12-4-9-17-10-7-16-8-11-17/h3,5-6,16H,4,7-12H2,1-2H3/p+2. The van der Waals surface area contributed by atoms with Gasteiger partial charge >= 0.3 is 0 Å². The first kappa shape index (κ1) is 13.4. The molecule has 0 bridgehead atoms. The summed E-state index contributed by atoms with van der Waals surface area (Å²) < 4.78 is 5.89. The van der Waals surface area contributed by atoms with Crippen LogP contribution in [0.25, 0.3) is 0 Å². The van der Waals surface area contributed by atoms with Gasteiger partial charge in [0, 0.05) is 6.42 Å². The SMILES string of the molecule is Cc1cccc(OCCC[NH+]2CC[NH2+]CC2)c1C. The summed E-state index contributed by atoms with van der Waals surface area (Å²) in [5.74, 6) is 1.05. The Balaban J connectivity index is 1.70. The maximum atomic E-state index is 5.89. The predicted molar refractivity (Wildman–Crippen MR) is 73.3 cm³/mol. The maximum absolute atomic E-state index is 5.89. The molecular weight excluding hydrogens is 224 g/mol. The first-order valence-electron chi connectivity index (χ1n) is 7.11. The van der Waals surface area contributed by atoms with Crippen molar-refractivity contribution >= 4 is 0 Å². The molecule has 1 saturated heterocycles. The second kappa shape index (κ2) is 6.76. The van der Waals surface area contributed by atoms with Crippen LogP contribution in [0.3, 0.4) is 0 Å². The van der Waals surface area contributed by atoms with Crippen molar-refractivity contribution in [1.82, 2.24) is 0 Å². The molecule has 0 aromatic heterocycles. The minimum Gasteiger partial charge on any atom is -0.493 e. The van der Waals surface area contributed by atoms with Gasteiger partial charge in [-0.2, -0.15) is 0 Å². The Labute approximate surface area is 110 Å². The summed E-state index contributed by atoms with van der Waals surface area (Å²) in [7, 11) is 0. The average Bonchev–Trinajstić information content (AvgIpc) is 2.40. The smallest absolute Gasteiger partial charge is 0.127 e. The van der Waals surface area contributed by atoms with E-state index in [1.165, 1.54) is 43.9 Å². The van der Waals surface area contributed by atoms with Gasteiger partial charge < -0.3 is 15.0 Å². The summed E-state index contributed by atoms with van der Waals surface area (Å²) in [6, 6.07) is 6.28. The number of rotatable bonds is 5. The molecule has 18 heavy (non-hydrogen) atoms. The highest BCUT2D eigenvalue weighted by Crippen LogP contribution is 2.20. The normalized spacial score (nSPS) is 16.8. The van der Waals surface area contributed by atoms with Crippen LogP contribution in [0.5, 0.6) is 5.75 Å². The number of ether oxygens (including phenoxy) is 1. The number of benzene rings is 1. The molecule has 0 unspecified atom stereocenters. The van der Waals surface area contributed by atoms with Crippen molar-refractivity contribution in [2.75, 3.05) is 39.3 Å². The molecule has 0 amide bonds. The quantitative estimate of drug-likeness (QED) is 0.680. The van der Waals surface area contributed by atoms with Crippen molar-refractivity contribution in [3.63, 3.8) is 0 Å². The van der Waals surface area contributed by atoms with E-state index in [9.17, 15) is 0 Å². The largest absolute Gasteiger partial charge is 0.493 e. The molecule has 1 aromatic carbocycles. The van der Waals surface area contributed by atoms with Crippen LogP contribution in [0.15, 0.2) is 18.2 Å². The minimum atomic E-state index is 0.845. The van der Waals surface area contributed by atoms with Crippen molar-refractivity contribution < 1.29 is 15.0 Å². The fourth-order valence-electron chi connectivity index (χ4n) is 2.52. The van der Waals surface area contributed by atoms with E-state index >= 15 is 0 Å². The van der Waals surface area contributed by atoms with Gasteiger partial charge in [-0.05, 0) is 31.0 Å². The Morgan fingerprint density at radius 3 is 2.78 bits per heavy atom. The number of nitrogens with two attached hydrogens (primary N) is 1. The van der Waals surface area contributed by atoms with E-state index in [-0.39, 0.29) is 0 Å². The van der Waals surface area contributed by atoms with Gasteiger partial charge in [-0.25, -0.2) is 0 Å². The topological polar surface area (TPSA) is 30.3 Å². The van der Waals surface area contributed by atoms with Crippen LogP contribution in [0.1, 0.15) is 17.5 Å². The number of nitrogens with one attached hydrogen (secondary N) is 1. The van der Waals surface area contributed by atoms with Crippen molar-refractivity contribution in [3.8, 4) is 5.75 Å². The summed E-state index contributed by atoms with van der Waals surface area (Å²) in [5.41, 5.74) is 2.59. The Kier molecular flexibility index (Phi) is 5.02. The average molecular weight is 250 g/mol. The number of quaternary nitrogens is 2. The van der Waals surface area contributed by atoms with Crippen LogP contribution in [0, 0.1) is 13.8 Å². The van der Waals surface area contributed by atoms with Crippen LogP contribution in [0.2, 0.25) is 0 Å². The number of piperazine rings is 1. The second-order valence-corrected chi connectivity index (χ2v) is 5.27. The Morgan fingerprint density at radius 2 is 2.00 bits per heavy atom. The molecule has 3 heteroatoms. The molecule has 100 valence electrons. The third-order valence-corrected chi connectivity index (χ3v) is 3.89. The number of aryl methyl sites for hydroxylation is 1. The molecule has 0 atom stereocenters. The Hall–Kier alpha value is -1.06. The van der Waals surface area contributed by atoms with Gasteiger partial charge in [0.2, 0.25) is 0 Å². The molecule has 3 N–H and O–H groups in total. The molecule has 1 aliphatic heterocycles. The number of hydrogen-bond donors (Lipinski definition) is 2. The van der Waals surface area contributed by atoms with E-state index in [4.69, 9.17) is 4.74 Å². The molecule has 1 aromatic rings. The van der Waals surface area contributed by atoms with E-state index in [1.54, 1.807) is 4.90 Å². The van der Waals surface area contributed by atoms with Crippen LogP contribution in [-0.4, -0.2) is 39.3 Å². The molecule has 2 rings (SSSR count). The molecule has 1 fully saturated rings. The highest BCUT2D eigenvalue weighted by molar-refractivity contribution is 5.38. The first-order chi connectivity index (χ1) is 8.77. The monoisotopic (exact) mass is 250 g/mol. The minimum absolute atomic E-state index is 0.845. The van der Waals surface area contributed by atoms with Crippen molar-refractivity contribution in [3.05, 3.63) is 29.3 Å². The highest BCUT2D eigenvalue weighted by Gasteiger charge is 2.14. The van der Waals surface area contributed by atoms with Crippen molar-refractivity contribution in [2.24, 2.45) is 0 Å². The van der Waals surface area contributed by atoms with E-state index in [1.807, 2.05) is 0 Å². The van der Waals surface area contributed by atoms with Gasteiger partial charge in [0.15, 0.2) is 0 Å². The zero-order valence-electron chi connectivity index (χ0n) is 11.7. The lowest BCUT2D eigenvalue weighted by Crippen LogP contribution is -3.20. The fourth-order valence-corrected chi connectivity index (χ4v) is 2.52. The Morgan fingerprint density at radius 1 is 1.22 bits per heavy atom. The van der Waals surface area contributed by atoms with Gasteiger partial charge in [0.25, 0.3) is 0 Å². The van der Waals surface area contributed by atoms with Gasteiger partial charge in [-0.3, -0.25) is 0 Å². The highest BCUT2D eigenvalue weighted by atomic mass is 16.5. The van der Waals surface area contributed by atoms with Gasteiger partial charge in [-0.1, -0.05) is 12.1 Å². The summed E-state index contributed by atoms with van der Waals surface area (Å²) >= 11 is 0. The third-order valence-electron chi connectivity index (χ3n) is 3.89. The zero-order valence-corrected chi connectivity index (χ0v) is 11.7. The molecule has 0 saturated carbocycles. The van der Waals surface area contributed by atoms with E-state index in [0.717, 1.165) is 18.8 Å². The zero-order chi connectivity index (χ0) is 12.8. The summed E-state index contributed by atoms with van der Waals surface area (Å²) in [5, 5.41) is 2.41. The maximum Gasteiger partial charge on any atom is 0.127 e. The Bertz CT molecular complexity index is 373. The van der Waals surface area contributed by atoms with Crippen LogP contribution < -0.4 is 15.0 Å². The molecule has 1 heterocycles. The molecule has 1 aliphatic rings. The summed E-state index contributed by atoms with van der Waals surface area (Å²) in [6.07, 6.45) is 1.16. The second-order valence-electron chi connectivity index (χ2n) is 5.27. The van der Waals surface area contributed by atoms with E-state index in [2.05, 4.69) is 37.4 Å². The van der Waals surface area contributed by atoms with Crippen LogP contribution in [-0.2, 0) is 0 Å². The molecule has 3 nitrogen and oxygen atoms in total. The molecular formula is C15H26N2O+2. The lowest BCUT2D eigenvalue weighted by Gasteiger charge is -2.22. The predicted octanol–water partition coefficient (Wildman–Crippen LogP) is -0.466. The van der Waals surface area contributed by atoms with Crippen molar-refractivity contribution in [2.45, 2.75) is 20.3 Å². The fraction of sp³-hybridized carbons (Fsp3) is 0.600. The first-order valence-corrected chi connectivity index (χ1v) is 7.11. The summed E-state index contributed by atoms with van der Waals surface area (Å²) in [6.45, 7) is 11.6. The lowest BCUT2D eigenvalue weighted by atomic mass is 10.1. The number of hydrogen-bond acceptors (Lipinski definition) is 1.